The van der Waals surface area contributed by atoms with Crippen LogP contribution in [0.3, 0.4) is 0 Å². The van der Waals surface area contributed by atoms with Gasteiger partial charge in [-0.2, -0.15) is 0 Å². The first-order chi connectivity index (χ1) is 11.1. The molecule has 0 fully saturated rings. The highest BCUT2D eigenvalue weighted by molar-refractivity contribution is 5.75. The summed E-state index contributed by atoms with van der Waals surface area (Å²) in [5.41, 5.74) is 0.940. The maximum atomic E-state index is 12.2. The van der Waals surface area contributed by atoms with Crippen LogP contribution in [0.1, 0.15) is 31.7 Å². The van der Waals surface area contributed by atoms with Crippen molar-refractivity contribution < 1.29 is 19.1 Å². The number of hydrogen-bond donors (Lipinski definition) is 2. The molecule has 0 saturated carbocycles. The molecule has 6 heteroatoms. The lowest BCUT2D eigenvalue weighted by molar-refractivity contribution is -0.150. The lowest BCUT2D eigenvalue weighted by Gasteiger charge is -2.17. The minimum absolute atomic E-state index is 0.00641. The van der Waals surface area contributed by atoms with Crippen LogP contribution in [0, 0.1) is 0 Å². The number of carbonyl (C=O) groups excluding carboxylic acids is 2. The highest BCUT2D eigenvalue weighted by Crippen LogP contribution is 2.06. The van der Waals surface area contributed by atoms with Crippen molar-refractivity contribution in [2.75, 3.05) is 20.3 Å². The zero-order valence-electron chi connectivity index (χ0n) is 13.8. The van der Waals surface area contributed by atoms with Crippen molar-refractivity contribution in [2.45, 2.75) is 38.8 Å². The molecule has 1 rings (SSSR count). The van der Waals surface area contributed by atoms with Gasteiger partial charge in [-0.05, 0) is 32.0 Å². The van der Waals surface area contributed by atoms with Crippen molar-refractivity contribution in [3.05, 3.63) is 35.9 Å². The van der Waals surface area contributed by atoms with Crippen LogP contribution >= 0.6 is 0 Å². The monoisotopic (exact) mass is 322 g/mol. The maximum absolute atomic E-state index is 12.2. The third kappa shape index (κ3) is 8.95. The molecule has 0 aromatic heterocycles. The summed E-state index contributed by atoms with van der Waals surface area (Å²) in [5, 5.41) is 6.00. The largest absolute Gasteiger partial charge is 0.460 e. The summed E-state index contributed by atoms with van der Waals surface area (Å²) in [6, 6.07) is 9.05. The average molecular weight is 322 g/mol. The minimum Gasteiger partial charge on any atom is -0.460 e. The summed E-state index contributed by atoms with van der Waals surface area (Å²) in [6.07, 6.45) is 2.48. The molecule has 23 heavy (non-hydrogen) atoms. The van der Waals surface area contributed by atoms with Gasteiger partial charge in [-0.3, -0.25) is 14.9 Å². The Morgan fingerprint density at radius 3 is 2.52 bits per heavy atom. The van der Waals surface area contributed by atoms with Crippen LogP contribution in [0.4, 0.5) is 0 Å². The van der Waals surface area contributed by atoms with Crippen molar-refractivity contribution >= 4 is 11.9 Å². The van der Waals surface area contributed by atoms with E-state index in [1.807, 2.05) is 37.4 Å². The predicted octanol–water partition coefficient (Wildman–Crippen LogP) is 1.60. The van der Waals surface area contributed by atoms with Crippen molar-refractivity contribution in [3.63, 3.8) is 0 Å². The molecule has 1 aromatic carbocycles. The molecule has 0 aliphatic heterocycles. The lowest BCUT2D eigenvalue weighted by Crippen LogP contribution is -2.39. The second-order valence-electron chi connectivity index (χ2n) is 5.23. The van der Waals surface area contributed by atoms with E-state index in [-0.39, 0.29) is 25.3 Å². The van der Waals surface area contributed by atoms with E-state index in [0.29, 0.717) is 6.42 Å². The summed E-state index contributed by atoms with van der Waals surface area (Å²) in [4.78, 5) is 23.0. The summed E-state index contributed by atoms with van der Waals surface area (Å²) in [7, 11) is 1.89. The summed E-state index contributed by atoms with van der Waals surface area (Å²) in [6.45, 7) is 2.47. The molecule has 0 spiro atoms. The summed E-state index contributed by atoms with van der Waals surface area (Å²) >= 11 is 0. The van der Waals surface area contributed by atoms with Gasteiger partial charge in [0.15, 0.2) is 0 Å². The zero-order chi connectivity index (χ0) is 16.9. The highest BCUT2D eigenvalue weighted by atomic mass is 16.5. The van der Waals surface area contributed by atoms with Gasteiger partial charge in [-0.15, -0.1) is 0 Å². The van der Waals surface area contributed by atoms with Gasteiger partial charge in [-0.1, -0.05) is 36.8 Å². The SMILES string of the molecule is CNCCCC[C@H](NCOC(C)=O)C(=O)OCc1ccccc1. The molecule has 1 atom stereocenters. The smallest absolute Gasteiger partial charge is 0.323 e. The average Bonchev–Trinajstić information content (AvgIpc) is 2.55. The number of unbranched alkanes of at least 4 members (excludes halogenated alkanes) is 1. The van der Waals surface area contributed by atoms with Crippen molar-refractivity contribution in [2.24, 2.45) is 0 Å². The molecule has 2 N–H and O–H groups in total. The number of rotatable bonds is 11. The fraction of sp³-hybridized carbons (Fsp3) is 0.529. The molecule has 0 heterocycles. The van der Waals surface area contributed by atoms with Crippen molar-refractivity contribution in [1.29, 1.82) is 0 Å². The van der Waals surface area contributed by atoms with Crippen LogP contribution in [-0.4, -0.2) is 38.3 Å². The van der Waals surface area contributed by atoms with Gasteiger partial charge in [0.1, 0.15) is 19.4 Å². The number of hydrogen-bond acceptors (Lipinski definition) is 6. The van der Waals surface area contributed by atoms with Gasteiger partial charge in [0.25, 0.3) is 0 Å². The Balaban J connectivity index is 2.43. The Bertz CT molecular complexity index is 465. The maximum Gasteiger partial charge on any atom is 0.323 e. The summed E-state index contributed by atoms with van der Waals surface area (Å²) < 4.78 is 10.2. The molecule has 0 saturated heterocycles. The summed E-state index contributed by atoms with van der Waals surface area (Å²) in [5.74, 6) is -0.713. The van der Waals surface area contributed by atoms with Crippen molar-refractivity contribution in [1.82, 2.24) is 10.6 Å². The molecule has 128 valence electrons. The Kier molecular flexibility index (Phi) is 9.66. The topological polar surface area (TPSA) is 76.7 Å². The Hall–Kier alpha value is -1.92. The van der Waals surface area contributed by atoms with Crippen LogP contribution in [0.15, 0.2) is 30.3 Å². The number of esters is 2. The van der Waals surface area contributed by atoms with Gasteiger partial charge in [0, 0.05) is 6.92 Å². The second kappa shape index (κ2) is 11.6. The molecule has 0 aliphatic rings. The molecule has 6 nitrogen and oxygen atoms in total. The normalized spacial score (nSPS) is 11.7. The fourth-order valence-electron chi connectivity index (χ4n) is 2.03. The Labute approximate surface area is 137 Å². The van der Waals surface area contributed by atoms with Gasteiger partial charge < -0.3 is 14.8 Å². The molecular formula is C17H26N2O4. The van der Waals surface area contributed by atoms with Crippen LogP contribution in [-0.2, 0) is 25.7 Å². The van der Waals surface area contributed by atoms with E-state index in [4.69, 9.17) is 9.47 Å². The number of ether oxygens (including phenoxy) is 2. The van der Waals surface area contributed by atoms with E-state index in [1.165, 1.54) is 6.92 Å². The number of carbonyl (C=O) groups is 2. The minimum atomic E-state index is -0.477. The molecule has 1 aromatic rings. The van der Waals surface area contributed by atoms with E-state index in [0.717, 1.165) is 24.9 Å². The van der Waals surface area contributed by atoms with Crippen molar-refractivity contribution in [3.8, 4) is 0 Å². The van der Waals surface area contributed by atoms with Crippen LogP contribution in [0.5, 0.6) is 0 Å². The molecule has 0 unspecified atom stereocenters. The van der Waals surface area contributed by atoms with E-state index < -0.39 is 6.04 Å². The van der Waals surface area contributed by atoms with Gasteiger partial charge >= 0.3 is 11.9 Å². The predicted molar refractivity (Wildman–Crippen MR) is 87.6 cm³/mol. The number of benzene rings is 1. The van der Waals surface area contributed by atoms with E-state index >= 15 is 0 Å². The van der Waals surface area contributed by atoms with E-state index in [2.05, 4.69) is 10.6 Å². The quantitative estimate of drug-likeness (QED) is 0.366. The van der Waals surface area contributed by atoms with Crippen LogP contribution < -0.4 is 10.6 Å². The Morgan fingerprint density at radius 1 is 1.13 bits per heavy atom. The third-order valence-electron chi connectivity index (χ3n) is 3.28. The first-order valence-corrected chi connectivity index (χ1v) is 7.85. The first-order valence-electron chi connectivity index (χ1n) is 7.85. The molecule has 0 amide bonds. The molecule has 0 aliphatic carbocycles. The van der Waals surface area contributed by atoms with Crippen LogP contribution in [0.25, 0.3) is 0 Å². The second-order valence-corrected chi connectivity index (χ2v) is 5.23. The zero-order valence-corrected chi connectivity index (χ0v) is 13.8. The third-order valence-corrected chi connectivity index (χ3v) is 3.28. The number of nitrogens with one attached hydrogen (secondary N) is 2. The van der Waals surface area contributed by atoms with Gasteiger partial charge in [-0.25, -0.2) is 0 Å². The fourth-order valence-corrected chi connectivity index (χ4v) is 2.03. The Morgan fingerprint density at radius 2 is 1.87 bits per heavy atom. The molecule has 0 radical (unpaired) electrons. The molecule has 0 bridgehead atoms. The standard InChI is InChI=1S/C17H26N2O4/c1-14(20)23-13-19-16(10-6-7-11-18-2)17(21)22-12-15-8-4-3-5-9-15/h3-5,8-9,16,18-19H,6-7,10-13H2,1-2H3/t16-/m0/s1. The van der Waals surface area contributed by atoms with Crippen LogP contribution in [0.2, 0.25) is 0 Å². The molecular weight excluding hydrogens is 296 g/mol. The van der Waals surface area contributed by atoms with E-state index in [9.17, 15) is 9.59 Å². The lowest BCUT2D eigenvalue weighted by atomic mass is 10.1. The first kappa shape index (κ1) is 19.1. The highest BCUT2D eigenvalue weighted by Gasteiger charge is 2.19. The van der Waals surface area contributed by atoms with Gasteiger partial charge in [0.05, 0.1) is 0 Å². The van der Waals surface area contributed by atoms with E-state index in [1.54, 1.807) is 0 Å². The van der Waals surface area contributed by atoms with Gasteiger partial charge in [0.2, 0.25) is 0 Å².